The predicted molar refractivity (Wildman–Crippen MR) is 64.5 cm³/mol. The molecule has 0 aliphatic heterocycles. The van der Waals surface area contributed by atoms with Crippen molar-refractivity contribution in [2.24, 2.45) is 0 Å². The number of thiophene rings is 1. The summed E-state index contributed by atoms with van der Waals surface area (Å²) in [4.78, 5) is 22.9. The minimum absolute atomic E-state index is 0.175. The highest BCUT2D eigenvalue weighted by Gasteiger charge is 2.07. The molecule has 1 aromatic rings. The van der Waals surface area contributed by atoms with Crippen molar-refractivity contribution in [3.63, 3.8) is 0 Å². The first-order valence-corrected chi connectivity index (χ1v) is 5.78. The van der Waals surface area contributed by atoms with E-state index in [1.165, 1.54) is 17.4 Å². The van der Waals surface area contributed by atoms with Crippen LogP contribution in [0.25, 0.3) is 0 Å². The molecule has 0 spiro atoms. The summed E-state index contributed by atoms with van der Waals surface area (Å²) < 4.78 is 4.71. The Bertz CT molecular complexity index is 413. The van der Waals surface area contributed by atoms with Gasteiger partial charge in [-0.1, -0.05) is 12.7 Å². The molecule has 0 unspecified atom stereocenters. The highest BCUT2D eigenvalue weighted by molar-refractivity contribution is 7.13. The molecule has 0 aliphatic carbocycles. The van der Waals surface area contributed by atoms with E-state index < -0.39 is 12.1 Å². The summed E-state index contributed by atoms with van der Waals surface area (Å²) in [5, 5.41) is 11.3. The molecule has 1 rings (SSSR count). The van der Waals surface area contributed by atoms with E-state index in [-0.39, 0.29) is 6.61 Å². The smallest absolute Gasteiger partial charge is 0.407 e. The molecule has 0 saturated heterocycles. The zero-order chi connectivity index (χ0) is 12.7. The van der Waals surface area contributed by atoms with Gasteiger partial charge in [0.15, 0.2) is 0 Å². The Morgan fingerprint density at radius 1 is 1.53 bits per heavy atom. The summed E-state index contributed by atoms with van der Waals surface area (Å²) in [6.45, 7) is 4.01. The second-order valence-electron chi connectivity index (χ2n) is 3.14. The van der Waals surface area contributed by atoms with Crippen molar-refractivity contribution >= 4 is 23.4 Å². The van der Waals surface area contributed by atoms with Gasteiger partial charge in [-0.2, -0.15) is 0 Å². The van der Waals surface area contributed by atoms with Gasteiger partial charge in [0.1, 0.15) is 11.5 Å². The molecule has 0 fully saturated rings. The standard InChI is InChI=1S/C11H13NO4S/c1-2-7-16-11(15)12-6-5-8-3-4-9(17-8)10(13)14/h2-4H,1,5-7H2,(H,12,15)(H,13,14). The number of carboxylic acid groups (broad SMARTS) is 1. The fourth-order valence-corrected chi connectivity index (χ4v) is 1.95. The fourth-order valence-electron chi connectivity index (χ4n) is 1.10. The molecule has 0 atom stereocenters. The lowest BCUT2D eigenvalue weighted by Crippen LogP contribution is -2.26. The molecule has 0 aliphatic rings. The van der Waals surface area contributed by atoms with Crippen LogP contribution in [-0.2, 0) is 11.2 Å². The van der Waals surface area contributed by atoms with Crippen LogP contribution >= 0.6 is 11.3 Å². The number of hydrogen-bond acceptors (Lipinski definition) is 4. The van der Waals surface area contributed by atoms with Crippen molar-refractivity contribution in [2.45, 2.75) is 6.42 Å². The van der Waals surface area contributed by atoms with Gasteiger partial charge in [0.05, 0.1) is 0 Å². The molecular formula is C11H13NO4S. The van der Waals surface area contributed by atoms with Gasteiger partial charge in [0.2, 0.25) is 0 Å². The zero-order valence-electron chi connectivity index (χ0n) is 9.14. The maximum atomic E-state index is 11.0. The molecule has 0 saturated carbocycles. The van der Waals surface area contributed by atoms with Crippen molar-refractivity contribution in [1.82, 2.24) is 5.32 Å². The van der Waals surface area contributed by atoms with Crippen molar-refractivity contribution in [3.05, 3.63) is 34.5 Å². The quantitative estimate of drug-likeness (QED) is 0.761. The van der Waals surface area contributed by atoms with Gasteiger partial charge < -0.3 is 15.2 Å². The maximum absolute atomic E-state index is 11.0. The lowest BCUT2D eigenvalue weighted by atomic mass is 10.3. The third-order valence-corrected chi connectivity index (χ3v) is 2.98. The summed E-state index contributed by atoms with van der Waals surface area (Å²) in [6.07, 6.45) is 1.57. The molecule has 5 nitrogen and oxygen atoms in total. The topological polar surface area (TPSA) is 75.6 Å². The SMILES string of the molecule is C=CCOC(=O)NCCc1ccc(C(=O)O)s1. The van der Waals surface area contributed by atoms with E-state index in [4.69, 9.17) is 9.84 Å². The van der Waals surface area contributed by atoms with Gasteiger partial charge in [0.25, 0.3) is 0 Å². The second-order valence-corrected chi connectivity index (χ2v) is 4.30. The number of carboxylic acids is 1. The number of alkyl carbamates (subject to hydrolysis) is 1. The number of rotatable bonds is 6. The average molecular weight is 255 g/mol. The number of hydrogen-bond donors (Lipinski definition) is 2. The Morgan fingerprint density at radius 2 is 2.29 bits per heavy atom. The summed E-state index contributed by atoms with van der Waals surface area (Å²) in [5.74, 6) is -0.931. The Hall–Kier alpha value is -1.82. The van der Waals surface area contributed by atoms with Crippen LogP contribution in [0.15, 0.2) is 24.8 Å². The molecule has 92 valence electrons. The number of amides is 1. The summed E-state index contributed by atoms with van der Waals surface area (Å²) in [6, 6.07) is 3.29. The number of carbonyl (C=O) groups excluding carboxylic acids is 1. The molecule has 2 N–H and O–H groups in total. The Balaban J connectivity index is 2.28. The van der Waals surface area contributed by atoms with Crippen LogP contribution in [0.4, 0.5) is 4.79 Å². The Morgan fingerprint density at radius 3 is 2.88 bits per heavy atom. The van der Waals surface area contributed by atoms with Crippen molar-refractivity contribution in [1.29, 1.82) is 0 Å². The molecule has 1 amide bonds. The normalized spacial score (nSPS) is 9.65. The Kier molecular flexibility index (Phi) is 5.22. The molecule has 0 radical (unpaired) electrons. The fraction of sp³-hybridized carbons (Fsp3) is 0.273. The van der Waals surface area contributed by atoms with Crippen LogP contribution in [-0.4, -0.2) is 30.3 Å². The monoisotopic (exact) mass is 255 g/mol. The minimum atomic E-state index is -0.931. The van der Waals surface area contributed by atoms with Gasteiger partial charge in [0, 0.05) is 11.4 Å². The highest BCUT2D eigenvalue weighted by Crippen LogP contribution is 2.16. The van der Waals surface area contributed by atoms with Gasteiger partial charge in [-0.25, -0.2) is 9.59 Å². The minimum Gasteiger partial charge on any atom is -0.477 e. The molecule has 1 heterocycles. The first-order valence-electron chi connectivity index (χ1n) is 4.97. The largest absolute Gasteiger partial charge is 0.477 e. The first-order chi connectivity index (χ1) is 8.13. The molecule has 0 bridgehead atoms. The third kappa shape index (κ3) is 4.69. The highest BCUT2D eigenvalue weighted by atomic mass is 32.1. The van der Waals surface area contributed by atoms with E-state index in [0.717, 1.165) is 4.88 Å². The van der Waals surface area contributed by atoms with Gasteiger partial charge in [-0.05, 0) is 18.6 Å². The predicted octanol–water partition coefficient (Wildman–Crippen LogP) is 1.90. The van der Waals surface area contributed by atoms with Crippen LogP contribution in [0.1, 0.15) is 14.5 Å². The van der Waals surface area contributed by atoms with Gasteiger partial charge in [-0.15, -0.1) is 11.3 Å². The van der Waals surface area contributed by atoms with E-state index in [9.17, 15) is 9.59 Å². The number of nitrogens with one attached hydrogen (secondary N) is 1. The summed E-state index contributed by atoms with van der Waals surface area (Å²) in [5.41, 5.74) is 0. The van der Waals surface area contributed by atoms with Crippen molar-refractivity contribution in [2.75, 3.05) is 13.2 Å². The van der Waals surface area contributed by atoms with E-state index in [1.807, 2.05) is 0 Å². The first kappa shape index (κ1) is 13.2. The third-order valence-electron chi connectivity index (χ3n) is 1.85. The van der Waals surface area contributed by atoms with Crippen LogP contribution in [0.2, 0.25) is 0 Å². The number of carbonyl (C=O) groups is 2. The van der Waals surface area contributed by atoms with E-state index in [0.29, 0.717) is 17.8 Å². The average Bonchev–Trinajstić information content (AvgIpc) is 2.75. The van der Waals surface area contributed by atoms with Crippen LogP contribution in [0.5, 0.6) is 0 Å². The Labute approximate surface area is 103 Å². The molecule has 0 aromatic carbocycles. The molecule has 6 heteroatoms. The van der Waals surface area contributed by atoms with Crippen molar-refractivity contribution in [3.8, 4) is 0 Å². The van der Waals surface area contributed by atoms with E-state index in [1.54, 1.807) is 12.1 Å². The maximum Gasteiger partial charge on any atom is 0.407 e. The summed E-state index contributed by atoms with van der Waals surface area (Å²) >= 11 is 1.20. The number of ether oxygens (including phenoxy) is 1. The molecule has 1 aromatic heterocycles. The van der Waals surface area contributed by atoms with Gasteiger partial charge >= 0.3 is 12.1 Å². The lowest BCUT2D eigenvalue weighted by molar-refractivity contribution is 0.0702. The van der Waals surface area contributed by atoms with Crippen LogP contribution in [0, 0.1) is 0 Å². The molecular weight excluding hydrogens is 242 g/mol. The van der Waals surface area contributed by atoms with Gasteiger partial charge in [-0.3, -0.25) is 0 Å². The lowest BCUT2D eigenvalue weighted by Gasteiger charge is -2.03. The van der Waals surface area contributed by atoms with Crippen molar-refractivity contribution < 1.29 is 19.4 Å². The number of aromatic carboxylic acids is 1. The summed E-state index contributed by atoms with van der Waals surface area (Å²) in [7, 11) is 0. The van der Waals surface area contributed by atoms with E-state index >= 15 is 0 Å². The van der Waals surface area contributed by atoms with E-state index in [2.05, 4.69) is 11.9 Å². The molecule has 17 heavy (non-hydrogen) atoms. The second kappa shape index (κ2) is 6.70. The van der Waals surface area contributed by atoms with Crippen LogP contribution in [0.3, 0.4) is 0 Å². The zero-order valence-corrected chi connectivity index (χ0v) is 9.96. The van der Waals surface area contributed by atoms with Crippen LogP contribution < -0.4 is 5.32 Å².